The monoisotopic (exact) mass is 478 g/mol. The summed E-state index contributed by atoms with van der Waals surface area (Å²) < 4.78 is 56.0. The minimum Gasteiger partial charge on any atom is -0.352 e. The number of aromatic nitrogens is 2. The highest BCUT2D eigenvalue weighted by Gasteiger charge is 2.31. The van der Waals surface area contributed by atoms with E-state index in [0.717, 1.165) is 48.8 Å². The van der Waals surface area contributed by atoms with Crippen molar-refractivity contribution in [2.75, 3.05) is 24.5 Å². The summed E-state index contributed by atoms with van der Waals surface area (Å²) in [4.78, 5) is 19.0. The first-order chi connectivity index (χ1) is 15.8. The van der Waals surface area contributed by atoms with Gasteiger partial charge in [0.25, 0.3) is 5.91 Å². The first-order valence-corrected chi connectivity index (χ1v) is 11.3. The second kappa shape index (κ2) is 9.86. The van der Waals surface area contributed by atoms with Crippen molar-refractivity contribution in [1.82, 2.24) is 14.7 Å². The molecule has 0 atom stereocenters. The van der Waals surface area contributed by atoms with E-state index in [1.54, 1.807) is 12.1 Å². The van der Waals surface area contributed by atoms with Crippen molar-refractivity contribution in [1.29, 1.82) is 0 Å². The van der Waals surface area contributed by atoms with Crippen LogP contribution in [0.4, 0.5) is 22.7 Å². The average Bonchev–Trinajstić information content (AvgIpc) is 3.27. The number of hydrogen-bond donors (Lipinski definition) is 1. The van der Waals surface area contributed by atoms with Crippen LogP contribution in [0.1, 0.15) is 40.2 Å². The third-order valence-corrected chi connectivity index (χ3v) is 6.44. The number of anilines is 1. The number of nitrogens with one attached hydrogen (secondary N) is 1. The smallest absolute Gasteiger partial charge is 0.352 e. The van der Waals surface area contributed by atoms with Crippen LogP contribution in [0.3, 0.4) is 0 Å². The highest BCUT2D eigenvalue weighted by atomic mass is 32.1. The molecular weight excluding hydrogens is 456 g/mol. The summed E-state index contributed by atoms with van der Waals surface area (Å²) in [5.74, 6) is 0.150. The van der Waals surface area contributed by atoms with E-state index in [0.29, 0.717) is 18.8 Å². The number of carbonyl (C=O) groups excluding carboxylic acids is 1. The van der Waals surface area contributed by atoms with Crippen LogP contribution in [-0.2, 0) is 12.6 Å². The van der Waals surface area contributed by atoms with Crippen LogP contribution < -0.4 is 10.2 Å². The largest absolute Gasteiger partial charge is 0.416 e. The topological polar surface area (TPSA) is 58.1 Å². The van der Waals surface area contributed by atoms with Gasteiger partial charge >= 0.3 is 6.18 Å². The number of carbonyl (C=O) groups is 1. The predicted molar refractivity (Wildman–Crippen MR) is 118 cm³/mol. The van der Waals surface area contributed by atoms with Crippen molar-refractivity contribution in [3.8, 4) is 0 Å². The molecule has 2 heterocycles. The Morgan fingerprint density at radius 1 is 1.12 bits per heavy atom. The fourth-order valence-electron chi connectivity index (χ4n) is 3.73. The number of alkyl halides is 3. The number of amides is 1. The number of rotatable bonds is 6. The van der Waals surface area contributed by atoms with Crippen molar-refractivity contribution >= 4 is 22.6 Å². The van der Waals surface area contributed by atoms with Gasteiger partial charge in [-0.2, -0.15) is 17.5 Å². The van der Waals surface area contributed by atoms with Crippen LogP contribution in [0.5, 0.6) is 0 Å². The Bertz CT molecular complexity index is 1090. The highest BCUT2D eigenvalue weighted by Crippen LogP contribution is 2.29. The molecule has 1 aromatic heterocycles. The van der Waals surface area contributed by atoms with Gasteiger partial charge in [-0.15, -0.1) is 0 Å². The molecule has 0 bridgehead atoms. The molecule has 3 aromatic rings. The zero-order chi connectivity index (χ0) is 23.4. The molecule has 2 aromatic carbocycles. The molecule has 4 rings (SSSR count). The maximum atomic E-state index is 13.0. The normalized spacial score (nSPS) is 15.0. The lowest BCUT2D eigenvalue weighted by molar-refractivity contribution is -0.137. The van der Waals surface area contributed by atoms with Gasteiger partial charge in [-0.05, 0) is 54.7 Å². The third kappa shape index (κ3) is 6.07. The van der Waals surface area contributed by atoms with Crippen LogP contribution >= 0.6 is 11.5 Å². The van der Waals surface area contributed by atoms with E-state index >= 15 is 0 Å². The van der Waals surface area contributed by atoms with E-state index < -0.39 is 17.6 Å². The van der Waals surface area contributed by atoms with Gasteiger partial charge < -0.3 is 10.2 Å². The van der Waals surface area contributed by atoms with E-state index in [4.69, 9.17) is 0 Å². The van der Waals surface area contributed by atoms with E-state index in [1.165, 1.54) is 35.8 Å². The van der Waals surface area contributed by atoms with Gasteiger partial charge in [-0.25, -0.2) is 9.37 Å². The molecule has 0 unspecified atom stereocenters. The van der Waals surface area contributed by atoms with Crippen molar-refractivity contribution < 1.29 is 22.4 Å². The fraction of sp³-hybridized carbons (Fsp3) is 0.348. The molecule has 1 fully saturated rings. The molecule has 10 heteroatoms. The molecule has 33 heavy (non-hydrogen) atoms. The lowest BCUT2D eigenvalue weighted by atomic mass is 9.97. The summed E-state index contributed by atoms with van der Waals surface area (Å²) in [5, 5.41) is 3.59. The summed E-state index contributed by atoms with van der Waals surface area (Å²) in [6, 6.07) is 10.7. The molecule has 1 N–H and O–H groups in total. The molecule has 5 nitrogen and oxygen atoms in total. The maximum absolute atomic E-state index is 13.0. The van der Waals surface area contributed by atoms with Gasteiger partial charge in [0.2, 0.25) is 5.13 Å². The summed E-state index contributed by atoms with van der Waals surface area (Å²) in [5.41, 5.74) is 0.111. The molecule has 174 valence electrons. The summed E-state index contributed by atoms with van der Waals surface area (Å²) in [6.45, 7) is 1.93. The zero-order valence-electron chi connectivity index (χ0n) is 17.6. The van der Waals surface area contributed by atoms with E-state index in [1.807, 2.05) is 0 Å². The second-order valence-corrected chi connectivity index (χ2v) is 8.75. The SMILES string of the molecule is O=C(NCC1CCN(c2nc(Cc3ccc(F)cc3)ns2)CC1)c1cccc(C(F)(F)F)c1. The number of halogens is 4. The number of benzene rings is 2. The van der Waals surface area contributed by atoms with Crippen LogP contribution in [-0.4, -0.2) is 34.9 Å². The van der Waals surface area contributed by atoms with Gasteiger partial charge in [-0.3, -0.25) is 4.79 Å². The molecule has 1 aliphatic heterocycles. The van der Waals surface area contributed by atoms with Gasteiger partial charge in [0.15, 0.2) is 0 Å². The Morgan fingerprint density at radius 2 is 1.85 bits per heavy atom. The molecular formula is C23H22F4N4OS. The average molecular weight is 479 g/mol. The Hall–Kier alpha value is -3.01. The van der Waals surface area contributed by atoms with Crippen molar-refractivity contribution in [2.24, 2.45) is 5.92 Å². The highest BCUT2D eigenvalue weighted by molar-refractivity contribution is 7.09. The Labute approximate surface area is 192 Å². The van der Waals surface area contributed by atoms with Gasteiger partial charge in [0, 0.05) is 43.2 Å². The van der Waals surface area contributed by atoms with Crippen molar-refractivity contribution in [3.63, 3.8) is 0 Å². The predicted octanol–water partition coefficient (Wildman–Crippen LogP) is 4.93. The molecule has 0 radical (unpaired) electrons. The van der Waals surface area contributed by atoms with E-state index in [-0.39, 0.29) is 17.3 Å². The number of nitrogens with zero attached hydrogens (tertiary/aromatic N) is 3. The van der Waals surface area contributed by atoms with E-state index in [9.17, 15) is 22.4 Å². The van der Waals surface area contributed by atoms with Crippen LogP contribution in [0.2, 0.25) is 0 Å². The Morgan fingerprint density at radius 3 is 2.55 bits per heavy atom. The van der Waals surface area contributed by atoms with Crippen molar-refractivity contribution in [2.45, 2.75) is 25.4 Å². The van der Waals surface area contributed by atoms with Gasteiger partial charge in [0.05, 0.1) is 5.56 Å². The molecule has 1 saturated heterocycles. The standard InChI is InChI=1S/C23H22F4N4OS/c24-19-6-4-15(5-7-19)12-20-29-22(33-30-20)31-10-8-16(9-11-31)14-28-21(32)17-2-1-3-18(13-17)23(25,26)27/h1-7,13,16H,8-12,14H2,(H,28,32). The lowest BCUT2D eigenvalue weighted by Crippen LogP contribution is -2.38. The van der Waals surface area contributed by atoms with Gasteiger partial charge in [0.1, 0.15) is 11.6 Å². The minimum atomic E-state index is -4.48. The molecule has 0 spiro atoms. The van der Waals surface area contributed by atoms with Crippen LogP contribution in [0, 0.1) is 11.7 Å². The molecule has 1 aliphatic rings. The number of piperidine rings is 1. The third-order valence-electron chi connectivity index (χ3n) is 5.62. The lowest BCUT2D eigenvalue weighted by Gasteiger charge is -2.31. The molecule has 1 amide bonds. The zero-order valence-corrected chi connectivity index (χ0v) is 18.4. The second-order valence-electron chi connectivity index (χ2n) is 8.02. The van der Waals surface area contributed by atoms with Gasteiger partial charge in [-0.1, -0.05) is 18.2 Å². The molecule has 0 aliphatic carbocycles. The van der Waals surface area contributed by atoms with E-state index in [2.05, 4.69) is 19.6 Å². The summed E-state index contributed by atoms with van der Waals surface area (Å²) in [7, 11) is 0. The fourth-order valence-corrected chi connectivity index (χ4v) is 4.47. The van der Waals surface area contributed by atoms with Crippen LogP contribution in [0.15, 0.2) is 48.5 Å². The Kier molecular flexibility index (Phi) is 6.92. The first-order valence-electron chi connectivity index (χ1n) is 10.6. The summed E-state index contributed by atoms with van der Waals surface area (Å²) in [6.07, 6.45) is -2.28. The Balaban J connectivity index is 1.25. The van der Waals surface area contributed by atoms with Crippen LogP contribution in [0.25, 0.3) is 0 Å². The first kappa shape index (κ1) is 23.2. The maximum Gasteiger partial charge on any atom is 0.416 e. The summed E-state index contributed by atoms with van der Waals surface area (Å²) >= 11 is 1.33. The quantitative estimate of drug-likeness (QED) is 0.511. The number of hydrogen-bond acceptors (Lipinski definition) is 5. The molecule has 0 saturated carbocycles. The van der Waals surface area contributed by atoms with Crippen molar-refractivity contribution in [3.05, 3.63) is 76.9 Å². The minimum absolute atomic E-state index is 0.00445.